The first-order chi connectivity index (χ1) is 8.06. The number of nitrogen functional groups attached to an aromatic ring is 1. The van der Waals surface area contributed by atoms with E-state index in [1.165, 1.54) is 44.1 Å². The molecule has 0 radical (unpaired) electrons. The first-order valence-electron chi connectivity index (χ1n) is 6.92. The minimum atomic E-state index is 0.278. The second kappa shape index (κ2) is 6.68. The molecule has 0 aromatic heterocycles. The van der Waals surface area contributed by atoms with Gasteiger partial charge in [0.05, 0.1) is 0 Å². The Hall–Kier alpha value is -0.980. The van der Waals surface area contributed by atoms with Gasteiger partial charge in [0, 0.05) is 5.69 Å². The van der Waals surface area contributed by atoms with E-state index in [1.807, 2.05) is 12.1 Å². The van der Waals surface area contributed by atoms with Crippen molar-refractivity contribution in [3.8, 4) is 0 Å². The Kier molecular flexibility index (Phi) is 5.54. The molecule has 0 unspecified atom stereocenters. The van der Waals surface area contributed by atoms with Crippen molar-refractivity contribution in [1.82, 2.24) is 0 Å². The maximum Gasteiger partial charge on any atom is 0.0314 e. The lowest BCUT2D eigenvalue weighted by Crippen LogP contribution is -2.16. The lowest BCUT2D eigenvalue weighted by Gasteiger charge is -2.25. The number of nitrogens with two attached hydrogens (primary N) is 1. The van der Waals surface area contributed by atoms with Gasteiger partial charge in [0.25, 0.3) is 0 Å². The quantitative estimate of drug-likeness (QED) is 0.525. The third-order valence-corrected chi connectivity index (χ3v) is 3.60. The first-order valence-corrected chi connectivity index (χ1v) is 6.92. The zero-order valence-electron chi connectivity index (χ0n) is 11.6. The van der Waals surface area contributed by atoms with E-state index in [1.54, 1.807) is 0 Å². The summed E-state index contributed by atoms with van der Waals surface area (Å²) in [7, 11) is 0. The molecule has 1 heteroatoms. The molecule has 0 atom stereocenters. The molecule has 0 amide bonds. The molecule has 0 saturated heterocycles. The summed E-state index contributed by atoms with van der Waals surface area (Å²) in [6.07, 6.45) is 8.04. The number of unbranched alkanes of at least 4 members (excludes halogenated alkanes) is 4. The second-order valence-electron chi connectivity index (χ2n) is 5.67. The van der Waals surface area contributed by atoms with Gasteiger partial charge >= 0.3 is 0 Å². The third-order valence-electron chi connectivity index (χ3n) is 3.60. The van der Waals surface area contributed by atoms with E-state index in [9.17, 15) is 0 Å². The van der Waals surface area contributed by atoms with Gasteiger partial charge < -0.3 is 5.73 Å². The molecule has 0 spiro atoms. The highest BCUT2D eigenvalue weighted by Crippen LogP contribution is 2.29. The summed E-state index contributed by atoms with van der Waals surface area (Å²) in [5.41, 5.74) is 8.26. The summed E-state index contributed by atoms with van der Waals surface area (Å²) < 4.78 is 0. The van der Waals surface area contributed by atoms with Crippen LogP contribution in [0, 0.1) is 0 Å². The number of hydrogen-bond donors (Lipinski definition) is 1. The predicted octanol–water partition coefficient (Wildman–Crippen LogP) is 4.91. The third kappa shape index (κ3) is 4.80. The highest BCUT2D eigenvalue weighted by atomic mass is 14.5. The molecule has 0 fully saturated rings. The van der Waals surface area contributed by atoms with E-state index >= 15 is 0 Å². The zero-order chi connectivity index (χ0) is 12.7. The van der Waals surface area contributed by atoms with Crippen LogP contribution in [-0.4, -0.2) is 0 Å². The second-order valence-corrected chi connectivity index (χ2v) is 5.67. The lowest BCUT2D eigenvalue weighted by atomic mass is 9.80. The van der Waals surface area contributed by atoms with Gasteiger partial charge in [-0.1, -0.05) is 65.0 Å². The Labute approximate surface area is 106 Å². The zero-order valence-corrected chi connectivity index (χ0v) is 11.6. The molecule has 0 aliphatic rings. The van der Waals surface area contributed by atoms with Crippen molar-refractivity contribution in [1.29, 1.82) is 0 Å². The largest absolute Gasteiger partial charge is 0.399 e. The van der Waals surface area contributed by atoms with Crippen molar-refractivity contribution in [2.45, 2.75) is 64.7 Å². The standard InChI is InChI=1S/C16H27N/c1-4-5-6-7-8-13-16(2,3)14-9-11-15(17)12-10-14/h9-12H,4-8,13,17H2,1-3H3. The lowest BCUT2D eigenvalue weighted by molar-refractivity contribution is 0.444. The van der Waals surface area contributed by atoms with Crippen molar-refractivity contribution in [3.63, 3.8) is 0 Å². The predicted molar refractivity (Wildman–Crippen MR) is 77.3 cm³/mol. The van der Waals surface area contributed by atoms with Gasteiger partial charge in [0.15, 0.2) is 0 Å². The van der Waals surface area contributed by atoms with E-state index in [2.05, 4.69) is 32.9 Å². The maximum absolute atomic E-state index is 5.72. The van der Waals surface area contributed by atoms with Crippen LogP contribution in [0.3, 0.4) is 0 Å². The van der Waals surface area contributed by atoms with E-state index < -0.39 is 0 Å². The monoisotopic (exact) mass is 233 g/mol. The summed E-state index contributed by atoms with van der Waals surface area (Å²) in [6.45, 7) is 6.93. The fourth-order valence-corrected chi connectivity index (χ4v) is 2.25. The van der Waals surface area contributed by atoms with E-state index in [-0.39, 0.29) is 5.41 Å². The highest BCUT2D eigenvalue weighted by Gasteiger charge is 2.19. The first kappa shape index (κ1) is 14.1. The van der Waals surface area contributed by atoms with Gasteiger partial charge in [-0.05, 0) is 29.5 Å². The van der Waals surface area contributed by atoms with Crippen molar-refractivity contribution >= 4 is 5.69 Å². The van der Waals surface area contributed by atoms with Crippen LogP contribution >= 0.6 is 0 Å². The molecule has 0 bridgehead atoms. The van der Waals surface area contributed by atoms with Crippen molar-refractivity contribution in [2.24, 2.45) is 0 Å². The number of anilines is 1. The normalized spacial score (nSPS) is 11.7. The molecular formula is C16H27N. The average Bonchev–Trinajstić information content (AvgIpc) is 2.29. The van der Waals surface area contributed by atoms with Crippen LogP contribution in [0.25, 0.3) is 0 Å². The molecule has 0 saturated carbocycles. The Morgan fingerprint density at radius 3 is 2.12 bits per heavy atom. The van der Waals surface area contributed by atoms with Gasteiger partial charge in [-0.15, -0.1) is 0 Å². The Balaban J connectivity index is 2.42. The summed E-state index contributed by atoms with van der Waals surface area (Å²) in [6, 6.07) is 8.35. The molecule has 0 aliphatic heterocycles. The van der Waals surface area contributed by atoms with Crippen LogP contribution in [0.15, 0.2) is 24.3 Å². The van der Waals surface area contributed by atoms with Gasteiger partial charge in [0.1, 0.15) is 0 Å². The molecule has 17 heavy (non-hydrogen) atoms. The van der Waals surface area contributed by atoms with Crippen LogP contribution in [0.1, 0.15) is 64.9 Å². The summed E-state index contributed by atoms with van der Waals surface area (Å²) in [4.78, 5) is 0. The topological polar surface area (TPSA) is 26.0 Å². The molecule has 1 rings (SSSR count). The van der Waals surface area contributed by atoms with E-state index in [0.717, 1.165) is 5.69 Å². The number of hydrogen-bond acceptors (Lipinski definition) is 1. The van der Waals surface area contributed by atoms with Crippen LogP contribution in [0.2, 0.25) is 0 Å². The fourth-order valence-electron chi connectivity index (χ4n) is 2.25. The molecule has 1 nitrogen and oxygen atoms in total. The highest BCUT2D eigenvalue weighted by molar-refractivity contribution is 5.41. The van der Waals surface area contributed by atoms with Crippen molar-refractivity contribution in [3.05, 3.63) is 29.8 Å². The van der Waals surface area contributed by atoms with Gasteiger partial charge in [-0.3, -0.25) is 0 Å². The number of benzene rings is 1. The molecule has 1 aromatic carbocycles. The van der Waals surface area contributed by atoms with Crippen LogP contribution in [-0.2, 0) is 5.41 Å². The van der Waals surface area contributed by atoms with Gasteiger partial charge in [-0.2, -0.15) is 0 Å². The number of rotatable bonds is 7. The van der Waals surface area contributed by atoms with E-state index in [4.69, 9.17) is 5.73 Å². The summed E-state index contributed by atoms with van der Waals surface area (Å²) >= 11 is 0. The van der Waals surface area contributed by atoms with Gasteiger partial charge in [0.2, 0.25) is 0 Å². The smallest absolute Gasteiger partial charge is 0.0314 e. The molecule has 1 aromatic rings. The summed E-state index contributed by atoms with van der Waals surface area (Å²) in [5, 5.41) is 0. The van der Waals surface area contributed by atoms with Crippen molar-refractivity contribution < 1.29 is 0 Å². The van der Waals surface area contributed by atoms with Gasteiger partial charge in [-0.25, -0.2) is 0 Å². The summed E-state index contributed by atoms with van der Waals surface area (Å²) in [5.74, 6) is 0. The van der Waals surface area contributed by atoms with Crippen molar-refractivity contribution in [2.75, 3.05) is 5.73 Å². The SMILES string of the molecule is CCCCCCCC(C)(C)c1ccc(N)cc1. The fraction of sp³-hybridized carbons (Fsp3) is 0.625. The molecule has 0 aliphatic carbocycles. The minimum absolute atomic E-state index is 0.278. The Morgan fingerprint density at radius 1 is 0.941 bits per heavy atom. The molecular weight excluding hydrogens is 206 g/mol. The van der Waals surface area contributed by atoms with Crippen LogP contribution in [0.4, 0.5) is 5.69 Å². The Morgan fingerprint density at radius 2 is 1.53 bits per heavy atom. The minimum Gasteiger partial charge on any atom is -0.399 e. The molecule has 0 heterocycles. The van der Waals surface area contributed by atoms with Crippen LogP contribution < -0.4 is 5.73 Å². The van der Waals surface area contributed by atoms with E-state index in [0.29, 0.717) is 0 Å². The molecule has 2 N–H and O–H groups in total. The van der Waals surface area contributed by atoms with Crippen LogP contribution in [0.5, 0.6) is 0 Å². The molecule has 96 valence electrons. The Bertz CT molecular complexity index is 311. The maximum atomic E-state index is 5.72. The average molecular weight is 233 g/mol.